The van der Waals surface area contributed by atoms with E-state index < -0.39 is 12.0 Å². The monoisotopic (exact) mass is 337 g/mol. The fourth-order valence-corrected chi connectivity index (χ4v) is 2.58. The van der Waals surface area contributed by atoms with Crippen LogP contribution >= 0.6 is 11.6 Å². The molecule has 2 atom stereocenters. The first-order chi connectivity index (χ1) is 11.0. The molecule has 0 bridgehead atoms. The molecule has 0 spiro atoms. The first-order valence-electron chi connectivity index (χ1n) is 7.51. The number of carbonyl (C=O) groups excluding carboxylic acids is 2. The molecule has 2 rings (SSSR count). The molecule has 0 aromatic heterocycles. The third-order valence-corrected chi connectivity index (χ3v) is 3.98. The molecule has 1 amide bonds. The maximum atomic E-state index is 12.1. The van der Waals surface area contributed by atoms with Crippen LogP contribution in [0, 0.1) is 5.92 Å². The number of nitrogens with one attached hydrogen (secondary N) is 1. The van der Waals surface area contributed by atoms with Crippen LogP contribution in [0.4, 0.5) is 5.69 Å². The van der Waals surface area contributed by atoms with Gasteiger partial charge in [-0.3, -0.25) is 9.59 Å². The predicted octanol–water partition coefficient (Wildman–Crippen LogP) is 3.58. The van der Waals surface area contributed by atoms with Crippen molar-refractivity contribution in [3.05, 3.63) is 35.4 Å². The van der Waals surface area contributed by atoms with E-state index >= 15 is 0 Å². The van der Waals surface area contributed by atoms with Crippen molar-refractivity contribution in [2.24, 2.45) is 5.92 Å². The molecule has 5 nitrogen and oxygen atoms in total. The summed E-state index contributed by atoms with van der Waals surface area (Å²) < 4.78 is 10.3. The summed E-state index contributed by atoms with van der Waals surface area (Å²) in [5.74, 6) is -0.365. The van der Waals surface area contributed by atoms with Gasteiger partial charge in [0.15, 0.2) is 6.10 Å². The van der Waals surface area contributed by atoms with E-state index in [9.17, 15) is 9.59 Å². The van der Waals surface area contributed by atoms with E-state index in [1.807, 2.05) is 12.2 Å². The molecule has 23 heavy (non-hydrogen) atoms. The minimum atomic E-state index is -0.866. The highest BCUT2D eigenvalue weighted by atomic mass is 35.5. The lowest BCUT2D eigenvalue weighted by Gasteiger charge is -2.19. The molecule has 6 heteroatoms. The average Bonchev–Trinajstić information content (AvgIpc) is 2.55. The molecule has 1 aliphatic rings. The molecule has 0 radical (unpaired) electrons. The Hall–Kier alpha value is -2.01. The van der Waals surface area contributed by atoms with Crippen molar-refractivity contribution in [2.45, 2.75) is 32.3 Å². The first kappa shape index (κ1) is 17.3. The molecule has 0 unspecified atom stereocenters. The largest absolute Gasteiger partial charge is 0.495 e. The van der Waals surface area contributed by atoms with Crippen molar-refractivity contribution < 1.29 is 19.1 Å². The van der Waals surface area contributed by atoms with Crippen LogP contribution in [0.3, 0.4) is 0 Å². The molecule has 0 fully saturated rings. The van der Waals surface area contributed by atoms with Gasteiger partial charge in [0.05, 0.1) is 18.1 Å². The summed E-state index contributed by atoms with van der Waals surface area (Å²) in [6, 6.07) is 4.91. The number of hydrogen-bond acceptors (Lipinski definition) is 4. The van der Waals surface area contributed by atoms with Crippen LogP contribution in [0.1, 0.15) is 26.2 Å². The highest BCUT2D eigenvalue weighted by Gasteiger charge is 2.25. The van der Waals surface area contributed by atoms with E-state index in [1.54, 1.807) is 25.1 Å². The van der Waals surface area contributed by atoms with Crippen LogP contribution in [0.15, 0.2) is 30.4 Å². The van der Waals surface area contributed by atoms with Gasteiger partial charge in [0, 0.05) is 5.69 Å². The van der Waals surface area contributed by atoms with Gasteiger partial charge in [-0.15, -0.1) is 0 Å². The zero-order chi connectivity index (χ0) is 16.8. The Balaban J connectivity index is 1.90. The third-order valence-electron chi connectivity index (χ3n) is 3.68. The second-order valence-corrected chi connectivity index (χ2v) is 5.81. The van der Waals surface area contributed by atoms with Gasteiger partial charge in [-0.2, -0.15) is 0 Å². The van der Waals surface area contributed by atoms with Gasteiger partial charge in [-0.25, -0.2) is 0 Å². The Kier molecular flexibility index (Phi) is 6.04. The van der Waals surface area contributed by atoms with E-state index in [2.05, 4.69) is 5.32 Å². The molecule has 1 aromatic rings. The smallest absolute Gasteiger partial charge is 0.310 e. The average molecular weight is 338 g/mol. The van der Waals surface area contributed by atoms with Gasteiger partial charge in [0.1, 0.15) is 5.75 Å². The minimum absolute atomic E-state index is 0.161. The lowest BCUT2D eigenvalue weighted by atomic mass is 9.95. The summed E-state index contributed by atoms with van der Waals surface area (Å²) >= 11 is 6.01. The molecule has 0 aliphatic heterocycles. The zero-order valence-corrected chi connectivity index (χ0v) is 13.9. The van der Waals surface area contributed by atoms with Gasteiger partial charge in [-0.05, 0) is 44.4 Å². The van der Waals surface area contributed by atoms with Gasteiger partial charge in [0.25, 0.3) is 5.91 Å². The molecular formula is C17H20ClNO4. The van der Waals surface area contributed by atoms with E-state index in [-0.39, 0.29) is 11.9 Å². The van der Waals surface area contributed by atoms with Crippen molar-refractivity contribution in [1.82, 2.24) is 0 Å². The predicted molar refractivity (Wildman–Crippen MR) is 88.7 cm³/mol. The van der Waals surface area contributed by atoms with Crippen LogP contribution in [0.2, 0.25) is 5.02 Å². The van der Waals surface area contributed by atoms with E-state index in [1.165, 1.54) is 7.11 Å². The molecule has 124 valence electrons. The number of methoxy groups -OCH3 is 1. The number of amides is 1. The summed E-state index contributed by atoms with van der Waals surface area (Å²) in [6.45, 7) is 1.55. The minimum Gasteiger partial charge on any atom is -0.495 e. The van der Waals surface area contributed by atoms with Crippen molar-refractivity contribution >= 4 is 29.2 Å². The second-order valence-electron chi connectivity index (χ2n) is 5.40. The van der Waals surface area contributed by atoms with Gasteiger partial charge in [0.2, 0.25) is 0 Å². The van der Waals surface area contributed by atoms with Crippen LogP contribution in [-0.2, 0) is 14.3 Å². The Morgan fingerprint density at radius 2 is 2.13 bits per heavy atom. The highest BCUT2D eigenvalue weighted by Crippen LogP contribution is 2.27. The highest BCUT2D eigenvalue weighted by molar-refractivity contribution is 6.32. The lowest BCUT2D eigenvalue weighted by Crippen LogP contribution is -2.32. The Bertz CT molecular complexity index is 615. The number of allylic oxidation sites excluding steroid dienone is 2. The summed E-state index contributed by atoms with van der Waals surface area (Å²) in [6.07, 6.45) is 5.45. The number of esters is 1. The standard InChI is InChI=1S/C17H20ClNO4/c1-11(23-17(21)12-6-4-3-5-7-12)16(20)19-13-8-9-15(22-2)14(18)10-13/h3-4,8-12H,5-7H2,1-2H3,(H,19,20)/t11-,12+/m1/s1. The number of hydrogen-bond donors (Lipinski definition) is 1. The molecule has 1 aromatic carbocycles. The topological polar surface area (TPSA) is 64.6 Å². The van der Waals surface area contributed by atoms with Gasteiger partial charge < -0.3 is 14.8 Å². The quantitative estimate of drug-likeness (QED) is 0.659. The molecule has 1 N–H and O–H groups in total. The Morgan fingerprint density at radius 1 is 1.35 bits per heavy atom. The van der Waals surface area contributed by atoms with E-state index in [0.717, 1.165) is 12.8 Å². The molecule has 0 saturated heterocycles. The SMILES string of the molecule is COc1ccc(NC(=O)[C@@H](C)OC(=O)[C@H]2CC=CCC2)cc1Cl. The second kappa shape index (κ2) is 8.02. The molecule has 0 saturated carbocycles. The fraction of sp³-hybridized carbons (Fsp3) is 0.412. The number of benzene rings is 1. The van der Waals surface area contributed by atoms with Crippen molar-refractivity contribution in [3.63, 3.8) is 0 Å². The van der Waals surface area contributed by atoms with Crippen LogP contribution in [0.5, 0.6) is 5.75 Å². The van der Waals surface area contributed by atoms with Crippen LogP contribution < -0.4 is 10.1 Å². The van der Waals surface area contributed by atoms with Crippen molar-refractivity contribution in [3.8, 4) is 5.75 Å². The summed E-state index contributed by atoms with van der Waals surface area (Å²) in [7, 11) is 1.52. The fourth-order valence-electron chi connectivity index (χ4n) is 2.32. The lowest BCUT2D eigenvalue weighted by molar-refractivity contribution is -0.157. The number of halogens is 1. The van der Waals surface area contributed by atoms with Gasteiger partial charge >= 0.3 is 5.97 Å². The summed E-state index contributed by atoms with van der Waals surface area (Å²) in [4.78, 5) is 24.1. The van der Waals surface area contributed by atoms with E-state index in [4.69, 9.17) is 21.1 Å². The van der Waals surface area contributed by atoms with Crippen molar-refractivity contribution in [2.75, 3.05) is 12.4 Å². The number of rotatable bonds is 5. The maximum Gasteiger partial charge on any atom is 0.310 e. The summed E-state index contributed by atoms with van der Waals surface area (Å²) in [5.41, 5.74) is 0.518. The Morgan fingerprint density at radius 3 is 2.74 bits per heavy atom. The normalized spacial score (nSPS) is 18.1. The summed E-state index contributed by atoms with van der Waals surface area (Å²) in [5, 5.41) is 3.06. The number of anilines is 1. The molecule has 0 heterocycles. The molecular weight excluding hydrogens is 318 g/mol. The Labute approximate surface area is 140 Å². The zero-order valence-electron chi connectivity index (χ0n) is 13.2. The first-order valence-corrected chi connectivity index (χ1v) is 7.89. The van der Waals surface area contributed by atoms with Crippen LogP contribution in [0.25, 0.3) is 0 Å². The van der Waals surface area contributed by atoms with Crippen LogP contribution in [-0.4, -0.2) is 25.1 Å². The molecule has 1 aliphatic carbocycles. The van der Waals surface area contributed by atoms with E-state index in [0.29, 0.717) is 22.9 Å². The number of ether oxygens (including phenoxy) is 2. The van der Waals surface area contributed by atoms with Crippen molar-refractivity contribution in [1.29, 1.82) is 0 Å². The third kappa shape index (κ3) is 4.73. The maximum absolute atomic E-state index is 12.1. The number of carbonyl (C=O) groups is 2. The van der Waals surface area contributed by atoms with Gasteiger partial charge in [-0.1, -0.05) is 23.8 Å².